The van der Waals surface area contributed by atoms with E-state index in [0.717, 1.165) is 19.3 Å². The van der Waals surface area contributed by atoms with E-state index in [2.05, 4.69) is 67.0 Å². The molecule has 4 aliphatic rings. The Kier molecular flexibility index (Phi) is 5.22. The van der Waals surface area contributed by atoms with Crippen molar-refractivity contribution in [3.05, 3.63) is 0 Å². The highest BCUT2D eigenvalue weighted by Gasteiger charge is 2.75. The van der Waals surface area contributed by atoms with Gasteiger partial charge in [-0.1, -0.05) is 27.7 Å². The Morgan fingerprint density at radius 1 is 0.969 bits per heavy atom. The summed E-state index contributed by atoms with van der Waals surface area (Å²) in [6.45, 7) is 21.3. The second-order valence-corrected chi connectivity index (χ2v) is 24.7. The first-order chi connectivity index (χ1) is 14.2. The molecule has 1 saturated heterocycles. The van der Waals surface area contributed by atoms with Gasteiger partial charge in [-0.25, -0.2) is 12.7 Å². The van der Waals surface area contributed by atoms with Crippen molar-refractivity contribution >= 4 is 32.6 Å². The molecule has 4 rings (SSSR count). The number of fused-ring (bicyclic) bond motifs is 1. The maximum absolute atomic E-state index is 14.2. The van der Waals surface area contributed by atoms with Crippen LogP contribution in [0, 0.1) is 28.1 Å². The minimum atomic E-state index is -3.66. The summed E-state index contributed by atoms with van der Waals surface area (Å²) in [5.74, 6) is -1.34. The molecule has 32 heavy (non-hydrogen) atoms. The molecule has 184 valence electrons. The molecule has 0 unspecified atom stereocenters. The summed E-state index contributed by atoms with van der Waals surface area (Å²) in [5.41, 5.74) is -0.726. The Bertz CT molecular complexity index is 917. The van der Waals surface area contributed by atoms with Crippen molar-refractivity contribution < 1.29 is 22.1 Å². The zero-order chi connectivity index (χ0) is 24.3. The number of nitrogens with zero attached hydrogens (tertiary/aromatic N) is 1. The fraction of sp³-hybridized carbons (Fsp3) is 0.957. The van der Waals surface area contributed by atoms with Crippen LogP contribution < -0.4 is 0 Å². The molecule has 4 atom stereocenters. The van der Waals surface area contributed by atoms with E-state index in [9.17, 15) is 13.2 Å². The molecule has 9 heteroatoms. The topological polar surface area (TPSA) is 72.9 Å². The highest BCUT2D eigenvalue weighted by molar-refractivity contribution is 7.90. The van der Waals surface area contributed by atoms with Gasteiger partial charge in [-0.2, -0.15) is 0 Å². The summed E-state index contributed by atoms with van der Waals surface area (Å²) in [6.07, 6.45) is 3.35. The fourth-order valence-corrected chi connectivity index (χ4v) is 12.9. The monoisotopic (exact) mass is 501 g/mol. The molecule has 1 heterocycles. The number of hydrogen-bond acceptors (Lipinski definition) is 5. The number of hydrogen-bond donors (Lipinski definition) is 0. The fourth-order valence-electron chi connectivity index (χ4n) is 7.46. The second-order valence-electron chi connectivity index (χ2n) is 14.0. The Morgan fingerprint density at radius 2 is 1.50 bits per heavy atom. The second kappa shape index (κ2) is 6.71. The van der Waals surface area contributed by atoms with E-state index in [-0.39, 0.29) is 33.9 Å². The number of carbonyl (C=O) groups is 1. The molecule has 3 saturated carbocycles. The lowest BCUT2D eigenvalue weighted by atomic mass is 9.58. The maximum atomic E-state index is 14.2. The summed E-state index contributed by atoms with van der Waals surface area (Å²) in [7, 11) is -7.86. The Morgan fingerprint density at radius 3 is 1.94 bits per heavy atom. The summed E-state index contributed by atoms with van der Waals surface area (Å²) >= 11 is 0. The smallest absolute Gasteiger partial charge is 0.244 e. The predicted octanol–water partition coefficient (Wildman–Crippen LogP) is 4.80. The standard InChI is InChI=1S/C23H43NO5SSi2/c1-20(2)14-17(23(20,28-31(5,6)7)29-32(8,9)10)19(25)24-18-13-16-11-12-22(18,21(16,3)4)15-30(24,26)27/h16-18H,11-15H2,1-10H3/t16-,17+,18-,22-/m1/s1. The van der Waals surface area contributed by atoms with Crippen molar-refractivity contribution in [3.8, 4) is 0 Å². The summed E-state index contributed by atoms with van der Waals surface area (Å²) in [5, 5.41) is 0. The van der Waals surface area contributed by atoms with Gasteiger partial charge < -0.3 is 8.85 Å². The molecule has 1 aliphatic heterocycles. The van der Waals surface area contributed by atoms with Gasteiger partial charge in [-0.15, -0.1) is 0 Å². The van der Waals surface area contributed by atoms with Gasteiger partial charge in [-0.3, -0.25) is 4.79 Å². The number of sulfonamides is 1. The van der Waals surface area contributed by atoms with Crippen LogP contribution in [-0.2, 0) is 23.7 Å². The Labute approximate surface area is 197 Å². The summed E-state index contributed by atoms with van der Waals surface area (Å²) < 4.78 is 41.8. The molecule has 3 aliphatic carbocycles. The molecule has 0 aromatic heterocycles. The van der Waals surface area contributed by atoms with Crippen LogP contribution in [-0.4, -0.2) is 52.8 Å². The predicted molar refractivity (Wildman–Crippen MR) is 131 cm³/mol. The molecule has 1 amide bonds. The minimum Gasteiger partial charge on any atom is -0.390 e. The van der Waals surface area contributed by atoms with E-state index in [1.165, 1.54) is 4.31 Å². The van der Waals surface area contributed by atoms with Gasteiger partial charge in [0.15, 0.2) is 22.4 Å². The van der Waals surface area contributed by atoms with Crippen molar-refractivity contribution in [1.29, 1.82) is 0 Å². The van der Waals surface area contributed by atoms with Gasteiger partial charge in [0.05, 0.1) is 17.7 Å². The van der Waals surface area contributed by atoms with E-state index in [1.54, 1.807) is 0 Å². The lowest BCUT2D eigenvalue weighted by Gasteiger charge is -2.63. The molecular weight excluding hydrogens is 458 g/mol. The molecular formula is C23H43NO5SSi2. The van der Waals surface area contributed by atoms with Gasteiger partial charge >= 0.3 is 0 Å². The van der Waals surface area contributed by atoms with Gasteiger partial charge in [0.1, 0.15) is 0 Å². The third-order valence-corrected chi connectivity index (χ3v) is 12.7. The van der Waals surface area contributed by atoms with E-state index in [4.69, 9.17) is 8.85 Å². The molecule has 0 aromatic rings. The van der Waals surface area contributed by atoms with Gasteiger partial charge in [0, 0.05) is 10.8 Å². The lowest BCUT2D eigenvalue weighted by Crippen LogP contribution is -2.73. The lowest BCUT2D eigenvalue weighted by molar-refractivity contribution is -0.300. The first-order valence-corrected chi connectivity index (χ1v) is 20.6. The quantitative estimate of drug-likeness (QED) is 0.400. The van der Waals surface area contributed by atoms with E-state index >= 15 is 0 Å². The average Bonchev–Trinajstić information content (AvgIpc) is 3.03. The van der Waals surface area contributed by atoms with Crippen LogP contribution in [0.1, 0.15) is 53.4 Å². The van der Waals surface area contributed by atoms with Gasteiger partial charge in [0.25, 0.3) is 0 Å². The minimum absolute atomic E-state index is 0.0562. The van der Waals surface area contributed by atoms with Crippen molar-refractivity contribution in [2.75, 3.05) is 5.75 Å². The highest BCUT2D eigenvalue weighted by Crippen LogP contribution is 2.70. The maximum Gasteiger partial charge on any atom is 0.244 e. The first kappa shape index (κ1) is 24.9. The summed E-state index contributed by atoms with van der Waals surface area (Å²) in [6, 6.07) is -0.214. The van der Waals surface area contributed by atoms with Crippen molar-refractivity contribution in [2.24, 2.45) is 28.1 Å². The van der Waals surface area contributed by atoms with E-state index in [0.29, 0.717) is 12.3 Å². The van der Waals surface area contributed by atoms with Gasteiger partial charge in [-0.05, 0) is 76.3 Å². The molecule has 0 aromatic carbocycles. The number of carbonyl (C=O) groups excluding carboxylic acids is 1. The Hall–Kier alpha value is -0.226. The van der Waals surface area contributed by atoms with Crippen molar-refractivity contribution in [2.45, 2.75) is 104 Å². The first-order valence-electron chi connectivity index (χ1n) is 12.2. The van der Waals surface area contributed by atoms with Crippen LogP contribution in [0.4, 0.5) is 0 Å². The average molecular weight is 502 g/mol. The van der Waals surface area contributed by atoms with Crippen LogP contribution >= 0.6 is 0 Å². The largest absolute Gasteiger partial charge is 0.390 e. The van der Waals surface area contributed by atoms with Crippen LogP contribution in [0.25, 0.3) is 0 Å². The van der Waals surface area contributed by atoms with Gasteiger partial charge in [0.2, 0.25) is 15.9 Å². The molecule has 1 spiro atoms. The van der Waals surface area contributed by atoms with Crippen LogP contribution in [0.5, 0.6) is 0 Å². The van der Waals surface area contributed by atoms with E-state index < -0.39 is 38.4 Å². The number of amides is 1. The van der Waals surface area contributed by atoms with Crippen LogP contribution in [0.15, 0.2) is 0 Å². The van der Waals surface area contributed by atoms with Crippen molar-refractivity contribution in [1.82, 2.24) is 4.31 Å². The molecule has 0 radical (unpaired) electrons. The zero-order valence-electron chi connectivity index (χ0n) is 21.7. The third kappa shape index (κ3) is 3.27. The van der Waals surface area contributed by atoms with Crippen LogP contribution in [0.3, 0.4) is 0 Å². The molecule has 6 nitrogen and oxygen atoms in total. The van der Waals surface area contributed by atoms with Crippen molar-refractivity contribution in [3.63, 3.8) is 0 Å². The molecule has 2 bridgehead atoms. The zero-order valence-corrected chi connectivity index (χ0v) is 24.5. The highest BCUT2D eigenvalue weighted by atomic mass is 32.2. The SMILES string of the molecule is CC1(C)C[C@@H](C(=O)N2[C@@H]3C[C@H]4CC[C@]3(CS2(=O)=O)C4(C)C)C1(O[Si](C)(C)C)O[Si](C)(C)C. The normalized spacial score (nSPS) is 38.4. The third-order valence-electron chi connectivity index (χ3n) is 8.96. The van der Waals surface area contributed by atoms with Crippen LogP contribution in [0.2, 0.25) is 39.3 Å². The number of rotatable bonds is 5. The molecule has 0 N–H and O–H groups in total. The Balaban J connectivity index is 1.75. The molecule has 4 fully saturated rings. The summed E-state index contributed by atoms with van der Waals surface area (Å²) in [4.78, 5) is 14.2. The van der Waals surface area contributed by atoms with E-state index in [1.807, 2.05) is 0 Å².